The molecular weight excluding hydrogens is 446 g/mol. The fraction of sp³-hybridized carbons (Fsp3) is 0.583. The number of rotatable bonds is 12. The molecule has 4 atom stereocenters. The third-order valence-electron chi connectivity index (χ3n) is 5.95. The van der Waals surface area contributed by atoms with Gasteiger partial charge in [-0.05, 0) is 49.8 Å². The zero-order valence-electron chi connectivity index (χ0n) is 19.4. The van der Waals surface area contributed by atoms with Gasteiger partial charge >= 0.3 is 0 Å². The molecule has 1 aliphatic heterocycles. The van der Waals surface area contributed by atoms with E-state index in [0.717, 1.165) is 0 Å². The summed E-state index contributed by atoms with van der Waals surface area (Å²) in [6.07, 6.45) is 0.879. The number of hydrogen-bond acceptors (Lipinski definition) is 5. The highest BCUT2D eigenvalue weighted by atomic mass is 35.5. The average molecular weight is 480 g/mol. The van der Waals surface area contributed by atoms with Crippen molar-refractivity contribution in [2.45, 2.75) is 64.5 Å². The zero-order valence-corrected chi connectivity index (χ0v) is 20.2. The monoisotopic (exact) mass is 479 g/mol. The Morgan fingerprint density at radius 1 is 1.27 bits per heavy atom. The number of halogens is 1. The maximum absolute atomic E-state index is 13.0. The Bertz CT molecular complexity index is 869. The molecule has 2 rings (SSSR count). The van der Waals surface area contributed by atoms with Crippen LogP contribution in [0.3, 0.4) is 0 Å². The summed E-state index contributed by atoms with van der Waals surface area (Å²) in [6, 6.07) is 5.60. The van der Waals surface area contributed by atoms with Gasteiger partial charge in [-0.3, -0.25) is 19.2 Å². The quantitative estimate of drug-likeness (QED) is 0.363. The topological polar surface area (TPSA) is 139 Å². The van der Waals surface area contributed by atoms with E-state index in [1.807, 2.05) is 13.8 Å². The Morgan fingerprint density at radius 2 is 1.91 bits per heavy atom. The lowest BCUT2D eigenvalue weighted by Gasteiger charge is -2.26. The maximum Gasteiger partial charge on any atom is 0.240 e. The van der Waals surface area contributed by atoms with Crippen LogP contribution >= 0.6 is 11.6 Å². The van der Waals surface area contributed by atoms with Crippen LogP contribution in [-0.2, 0) is 24.8 Å². The van der Waals surface area contributed by atoms with E-state index < -0.39 is 29.4 Å². The van der Waals surface area contributed by atoms with E-state index in [-0.39, 0.29) is 42.8 Å². The Labute approximate surface area is 199 Å². The van der Waals surface area contributed by atoms with Crippen LogP contribution in [0.25, 0.3) is 0 Å². The van der Waals surface area contributed by atoms with Gasteiger partial charge in [-0.15, -0.1) is 0 Å². The van der Waals surface area contributed by atoms with Crippen molar-refractivity contribution < 1.29 is 24.3 Å². The first kappa shape index (κ1) is 26.8. The largest absolute Gasteiger partial charge is 0.385 e. The van der Waals surface area contributed by atoms with Gasteiger partial charge in [0.05, 0.1) is 5.60 Å². The number of ketones is 1. The number of carbonyl (C=O) groups is 4. The lowest BCUT2D eigenvalue weighted by atomic mass is 9.85. The zero-order chi connectivity index (χ0) is 24.8. The van der Waals surface area contributed by atoms with Gasteiger partial charge in [0.25, 0.3) is 0 Å². The molecule has 0 saturated carbocycles. The van der Waals surface area contributed by atoms with Crippen molar-refractivity contribution in [3.63, 3.8) is 0 Å². The molecule has 3 amide bonds. The van der Waals surface area contributed by atoms with E-state index in [1.165, 1.54) is 0 Å². The van der Waals surface area contributed by atoms with Crippen molar-refractivity contribution in [1.29, 1.82) is 0 Å². The van der Waals surface area contributed by atoms with E-state index in [1.54, 1.807) is 31.2 Å². The third kappa shape index (κ3) is 8.12. The number of hydrogen-bond donors (Lipinski definition) is 4. The molecular formula is C24H34ClN3O5. The van der Waals surface area contributed by atoms with Crippen LogP contribution in [0.2, 0.25) is 5.02 Å². The summed E-state index contributed by atoms with van der Waals surface area (Å²) >= 11 is 5.90. The Kier molecular flexibility index (Phi) is 9.43. The van der Waals surface area contributed by atoms with E-state index in [2.05, 4.69) is 10.6 Å². The molecule has 9 heteroatoms. The van der Waals surface area contributed by atoms with Crippen LogP contribution in [0.15, 0.2) is 24.3 Å². The Balaban J connectivity index is 2.06. The molecule has 1 heterocycles. The van der Waals surface area contributed by atoms with Crippen molar-refractivity contribution in [2.24, 2.45) is 23.5 Å². The summed E-state index contributed by atoms with van der Waals surface area (Å²) in [5.74, 6) is -2.55. The molecule has 33 heavy (non-hydrogen) atoms. The second-order valence-corrected chi connectivity index (χ2v) is 9.94. The first-order valence-corrected chi connectivity index (χ1v) is 11.6. The number of nitrogens with two attached hydrogens (primary N) is 1. The van der Waals surface area contributed by atoms with Crippen LogP contribution in [-0.4, -0.2) is 41.2 Å². The van der Waals surface area contributed by atoms with Crippen LogP contribution in [0.4, 0.5) is 0 Å². The number of Topliss-reactive ketones (excluding diaryl/α,β-unsaturated/α-hetero) is 1. The molecule has 5 N–H and O–H groups in total. The fourth-order valence-electron chi connectivity index (χ4n) is 4.18. The summed E-state index contributed by atoms with van der Waals surface area (Å²) in [5.41, 5.74) is 4.61. The lowest BCUT2D eigenvalue weighted by Crippen LogP contribution is -2.48. The SMILES string of the molecule is CC(C)C[C@H](CC(=O)CC(C)(O)c1ccc(Cl)cc1)C(=O)N[C@@H](C[C@@H]1CCNC1=O)C(N)=O. The minimum atomic E-state index is -1.41. The standard InChI is InChI=1S/C24H34ClN3O5/c1-14(2)10-16(11-19(29)13-24(3,33)17-4-6-18(25)7-5-17)23(32)28-20(21(26)30)12-15-8-9-27-22(15)31/h4-7,14-16,20,33H,8-13H2,1-3H3,(H2,26,30)(H,27,31)(H,28,32)/t15-,16+,20-,24?/m0/s1. The van der Waals surface area contributed by atoms with Crippen molar-refractivity contribution in [1.82, 2.24) is 10.6 Å². The van der Waals surface area contributed by atoms with Crippen LogP contribution in [0.5, 0.6) is 0 Å². The number of nitrogens with one attached hydrogen (secondary N) is 2. The van der Waals surface area contributed by atoms with Crippen molar-refractivity contribution in [3.05, 3.63) is 34.9 Å². The first-order chi connectivity index (χ1) is 15.4. The molecule has 1 fully saturated rings. The molecule has 0 radical (unpaired) electrons. The summed E-state index contributed by atoms with van der Waals surface area (Å²) in [4.78, 5) is 49.6. The van der Waals surface area contributed by atoms with Crippen molar-refractivity contribution >= 4 is 35.1 Å². The van der Waals surface area contributed by atoms with Gasteiger partial charge in [-0.25, -0.2) is 0 Å². The van der Waals surface area contributed by atoms with Gasteiger partial charge in [0.2, 0.25) is 17.7 Å². The predicted molar refractivity (Wildman–Crippen MR) is 125 cm³/mol. The van der Waals surface area contributed by atoms with E-state index in [4.69, 9.17) is 17.3 Å². The van der Waals surface area contributed by atoms with Crippen molar-refractivity contribution in [3.8, 4) is 0 Å². The van der Waals surface area contributed by atoms with Gasteiger partial charge in [0, 0.05) is 36.2 Å². The third-order valence-corrected chi connectivity index (χ3v) is 6.20. The van der Waals surface area contributed by atoms with Crippen LogP contribution in [0, 0.1) is 17.8 Å². The Morgan fingerprint density at radius 3 is 2.42 bits per heavy atom. The highest BCUT2D eigenvalue weighted by Crippen LogP contribution is 2.28. The maximum atomic E-state index is 13.0. The van der Waals surface area contributed by atoms with E-state index in [0.29, 0.717) is 30.0 Å². The molecule has 1 aliphatic rings. The molecule has 182 valence electrons. The van der Waals surface area contributed by atoms with E-state index >= 15 is 0 Å². The predicted octanol–water partition coefficient (Wildman–Crippen LogP) is 2.06. The highest BCUT2D eigenvalue weighted by molar-refractivity contribution is 6.30. The fourth-order valence-corrected chi connectivity index (χ4v) is 4.31. The molecule has 1 aromatic rings. The Hall–Kier alpha value is -2.45. The number of benzene rings is 1. The number of primary amides is 1. The minimum Gasteiger partial charge on any atom is -0.385 e. The molecule has 0 bridgehead atoms. The second-order valence-electron chi connectivity index (χ2n) is 9.50. The molecule has 1 unspecified atom stereocenters. The number of carbonyl (C=O) groups excluding carboxylic acids is 4. The molecule has 1 saturated heterocycles. The normalized spacial score (nSPS) is 19.5. The summed E-state index contributed by atoms with van der Waals surface area (Å²) < 4.78 is 0. The van der Waals surface area contributed by atoms with Crippen LogP contribution < -0.4 is 16.4 Å². The summed E-state index contributed by atoms with van der Waals surface area (Å²) in [7, 11) is 0. The van der Waals surface area contributed by atoms with Gasteiger partial charge in [0.1, 0.15) is 11.8 Å². The van der Waals surface area contributed by atoms with E-state index in [9.17, 15) is 24.3 Å². The number of aliphatic hydroxyl groups is 1. The lowest BCUT2D eigenvalue weighted by molar-refractivity contribution is -0.134. The van der Waals surface area contributed by atoms with Gasteiger partial charge in [-0.1, -0.05) is 37.6 Å². The molecule has 8 nitrogen and oxygen atoms in total. The molecule has 0 spiro atoms. The summed E-state index contributed by atoms with van der Waals surface area (Å²) in [6.45, 7) is 5.94. The molecule has 0 aromatic heterocycles. The van der Waals surface area contributed by atoms with Gasteiger partial charge in [0.15, 0.2) is 0 Å². The minimum absolute atomic E-state index is 0.0802. The molecule has 0 aliphatic carbocycles. The highest BCUT2D eigenvalue weighted by Gasteiger charge is 2.34. The van der Waals surface area contributed by atoms with Crippen LogP contribution in [0.1, 0.15) is 58.4 Å². The average Bonchev–Trinajstić information content (AvgIpc) is 3.10. The number of amides is 3. The molecule has 1 aromatic carbocycles. The summed E-state index contributed by atoms with van der Waals surface area (Å²) in [5, 5.41) is 16.7. The second kappa shape index (κ2) is 11.6. The van der Waals surface area contributed by atoms with Crippen molar-refractivity contribution in [2.75, 3.05) is 6.54 Å². The van der Waals surface area contributed by atoms with Gasteiger partial charge in [-0.2, -0.15) is 0 Å². The first-order valence-electron chi connectivity index (χ1n) is 11.3. The van der Waals surface area contributed by atoms with Gasteiger partial charge < -0.3 is 21.5 Å². The smallest absolute Gasteiger partial charge is 0.240 e.